The molecule has 0 amide bonds. The first-order chi connectivity index (χ1) is 8.86. The number of hydrogen-bond donors (Lipinski definition) is 1. The molecule has 0 spiro atoms. The highest BCUT2D eigenvalue weighted by atomic mass is 79.9. The van der Waals surface area contributed by atoms with Crippen molar-refractivity contribution in [1.82, 2.24) is 9.78 Å². The number of nitrogens with zero attached hydrogens (tertiary/aromatic N) is 2. The molecule has 1 aromatic carbocycles. The molecular formula is C11H12BrN3O3S. The lowest BCUT2D eigenvalue weighted by molar-refractivity contribution is 0.292. The van der Waals surface area contributed by atoms with E-state index in [1.165, 1.54) is 6.07 Å². The Morgan fingerprint density at radius 1 is 1.42 bits per heavy atom. The first kappa shape index (κ1) is 14.0. The molecule has 0 aliphatic carbocycles. The number of halogens is 1. The fraction of sp³-hybridized carbons (Fsp3) is 0.182. The zero-order valence-corrected chi connectivity index (χ0v) is 12.5. The largest absolute Gasteiger partial charge is 0.486 e. The fourth-order valence-electron chi connectivity index (χ4n) is 1.52. The highest BCUT2D eigenvalue weighted by molar-refractivity contribution is 9.10. The zero-order valence-electron chi connectivity index (χ0n) is 10.1. The zero-order chi connectivity index (χ0) is 14.0. The van der Waals surface area contributed by atoms with Gasteiger partial charge in [-0.15, -0.1) is 0 Å². The van der Waals surface area contributed by atoms with Crippen LogP contribution in [-0.4, -0.2) is 18.2 Å². The summed E-state index contributed by atoms with van der Waals surface area (Å²) < 4.78 is 30.7. The number of ether oxygens (including phenoxy) is 1. The van der Waals surface area contributed by atoms with Gasteiger partial charge in [-0.05, 0) is 24.3 Å². The van der Waals surface area contributed by atoms with E-state index in [-0.39, 0.29) is 17.3 Å². The first-order valence-corrected chi connectivity index (χ1v) is 7.64. The highest BCUT2D eigenvalue weighted by Gasteiger charge is 2.16. The van der Waals surface area contributed by atoms with Crippen molar-refractivity contribution in [2.75, 3.05) is 0 Å². The summed E-state index contributed by atoms with van der Waals surface area (Å²) >= 11 is 3.20. The summed E-state index contributed by atoms with van der Waals surface area (Å²) in [7, 11) is -2.05. The molecule has 0 unspecified atom stereocenters. The van der Waals surface area contributed by atoms with Crippen molar-refractivity contribution in [2.45, 2.75) is 11.5 Å². The summed E-state index contributed by atoms with van der Waals surface area (Å²) in [4.78, 5) is -0.0576. The van der Waals surface area contributed by atoms with E-state index in [2.05, 4.69) is 21.0 Å². The predicted molar refractivity (Wildman–Crippen MR) is 73.1 cm³/mol. The van der Waals surface area contributed by atoms with Crippen molar-refractivity contribution in [3.05, 3.63) is 40.6 Å². The van der Waals surface area contributed by atoms with Gasteiger partial charge in [0.1, 0.15) is 17.3 Å². The summed E-state index contributed by atoms with van der Waals surface area (Å²) in [6, 6.07) is 6.42. The minimum Gasteiger partial charge on any atom is -0.486 e. The number of hydrogen-bond acceptors (Lipinski definition) is 4. The van der Waals surface area contributed by atoms with Crippen LogP contribution < -0.4 is 9.88 Å². The lowest BCUT2D eigenvalue weighted by atomic mass is 10.3. The molecule has 19 heavy (non-hydrogen) atoms. The number of aryl methyl sites for hydroxylation is 1. The summed E-state index contributed by atoms with van der Waals surface area (Å²) in [6.45, 7) is 0.172. The maximum Gasteiger partial charge on any atom is 0.241 e. The molecule has 2 rings (SSSR count). The van der Waals surface area contributed by atoms with Gasteiger partial charge in [0.2, 0.25) is 10.0 Å². The molecule has 8 heteroatoms. The van der Waals surface area contributed by atoms with E-state index < -0.39 is 10.0 Å². The Hall–Kier alpha value is -1.38. The average molecular weight is 346 g/mol. The van der Waals surface area contributed by atoms with E-state index in [0.29, 0.717) is 10.2 Å². The molecule has 2 aromatic rings. The van der Waals surface area contributed by atoms with Gasteiger partial charge < -0.3 is 4.74 Å². The van der Waals surface area contributed by atoms with Crippen molar-refractivity contribution in [3.63, 3.8) is 0 Å². The number of rotatable bonds is 4. The Balaban J connectivity index is 2.25. The van der Waals surface area contributed by atoms with Gasteiger partial charge in [0.25, 0.3) is 0 Å². The molecule has 0 saturated heterocycles. The first-order valence-electron chi connectivity index (χ1n) is 5.30. The predicted octanol–water partition coefficient (Wildman–Crippen LogP) is 1.41. The second kappa shape index (κ2) is 5.32. The lowest BCUT2D eigenvalue weighted by Crippen LogP contribution is -2.14. The van der Waals surface area contributed by atoms with Crippen molar-refractivity contribution < 1.29 is 13.2 Å². The van der Waals surface area contributed by atoms with Crippen molar-refractivity contribution in [2.24, 2.45) is 12.2 Å². The number of nitrogens with two attached hydrogens (primary N) is 1. The van der Waals surface area contributed by atoms with E-state index in [0.717, 1.165) is 0 Å². The summed E-state index contributed by atoms with van der Waals surface area (Å²) in [5, 5.41) is 9.29. The number of primary sulfonamides is 1. The van der Waals surface area contributed by atoms with Gasteiger partial charge in [0.15, 0.2) is 0 Å². The van der Waals surface area contributed by atoms with Gasteiger partial charge in [0.05, 0.1) is 5.69 Å². The van der Waals surface area contributed by atoms with E-state index in [1.54, 1.807) is 36.1 Å². The maximum atomic E-state index is 11.5. The Morgan fingerprint density at radius 3 is 2.74 bits per heavy atom. The Labute approximate surface area is 119 Å². The summed E-state index contributed by atoms with van der Waals surface area (Å²) in [6.07, 6.45) is 1.78. The molecule has 0 saturated carbocycles. The molecule has 102 valence electrons. The Morgan fingerprint density at radius 2 is 2.16 bits per heavy atom. The lowest BCUT2D eigenvalue weighted by Gasteiger charge is -2.09. The Kier molecular flexibility index (Phi) is 3.93. The molecule has 1 heterocycles. The molecule has 0 fully saturated rings. The van der Waals surface area contributed by atoms with Gasteiger partial charge in [-0.3, -0.25) is 4.68 Å². The number of benzene rings is 1. The molecule has 2 N–H and O–H groups in total. The van der Waals surface area contributed by atoms with E-state index in [1.807, 2.05) is 0 Å². The van der Waals surface area contributed by atoms with Crippen molar-refractivity contribution in [3.8, 4) is 5.75 Å². The molecule has 0 atom stereocenters. The van der Waals surface area contributed by atoms with Crippen LogP contribution in [0.5, 0.6) is 5.75 Å². The second-order valence-corrected chi connectivity index (χ2v) is 6.35. The SMILES string of the molecule is Cn1ccc(COc2ccc(Br)cc2S(N)(=O)=O)n1. The van der Waals surface area contributed by atoms with Crippen LogP contribution in [0, 0.1) is 0 Å². The minimum absolute atomic E-state index is 0.0576. The average Bonchev–Trinajstić information content (AvgIpc) is 2.72. The molecular weight excluding hydrogens is 334 g/mol. The van der Waals surface area contributed by atoms with Crippen molar-refractivity contribution >= 4 is 26.0 Å². The third kappa shape index (κ3) is 3.55. The van der Waals surface area contributed by atoms with Gasteiger partial charge in [-0.1, -0.05) is 15.9 Å². The number of sulfonamides is 1. The molecule has 0 bridgehead atoms. The van der Waals surface area contributed by atoms with Gasteiger partial charge in [-0.2, -0.15) is 5.10 Å². The quantitative estimate of drug-likeness (QED) is 0.907. The van der Waals surface area contributed by atoms with E-state index >= 15 is 0 Å². The van der Waals surface area contributed by atoms with Crippen LogP contribution in [0.1, 0.15) is 5.69 Å². The van der Waals surface area contributed by atoms with Crippen LogP contribution in [0.2, 0.25) is 0 Å². The molecule has 0 radical (unpaired) electrons. The van der Waals surface area contributed by atoms with E-state index in [9.17, 15) is 8.42 Å². The maximum absolute atomic E-state index is 11.5. The molecule has 6 nitrogen and oxygen atoms in total. The smallest absolute Gasteiger partial charge is 0.241 e. The normalized spacial score (nSPS) is 11.5. The van der Waals surface area contributed by atoms with Gasteiger partial charge >= 0.3 is 0 Å². The van der Waals surface area contributed by atoms with Crippen LogP contribution in [0.15, 0.2) is 39.8 Å². The minimum atomic E-state index is -3.84. The number of aromatic nitrogens is 2. The topological polar surface area (TPSA) is 87.2 Å². The van der Waals surface area contributed by atoms with Gasteiger partial charge in [-0.25, -0.2) is 13.6 Å². The Bertz CT molecular complexity index is 697. The standard InChI is InChI=1S/C11H12BrN3O3S/c1-15-5-4-9(14-15)7-18-10-3-2-8(12)6-11(10)19(13,16)17/h2-6H,7H2,1H3,(H2,13,16,17). The van der Waals surface area contributed by atoms with Crippen LogP contribution >= 0.6 is 15.9 Å². The van der Waals surface area contributed by atoms with Gasteiger partial charge in [0, 0.05) is 17.7 Å². The monoisotopic (exact) mass is 345 g/mol. The fourth-order valence-corrected chi connectivity index (χ4v) is 2.73. The summed E-state index contributed by atoms with van der Waals surface area (Å²) in [5.41, 5.74) is 0.700. The third-order valence-corrected chi connectivity index (χ3v) is 3.78. The molecule has 0 aliphatic rings. The van der Waals surface area contributed by atoms with Crippen molar-refractivity contribution in [1.29, 1.82) is 0 Å². The molecule has 1 aromatic heterocycles. The van der Waals surface area contributed by atoms with E-state index in [4.69, 9.17) is 9.88 Å². The van der Waals surface area contributed by atoms with Crippen LogP contribution in [-0.2, 0) is 23.7 Å². The molecule has 0 aliphatic heterocycles. The van der Waals surface area contributed by atoms with Crippen LogP contribution in [0.4, 0.5) is 0 Å². The second-order valence-electron chi connectivity index (χ2n) is 3.91. The third-order valence-electron chi connectivity index (χ3n) is 2.36. The van der Waals surface area contributed by atoms with Crippen LogP contribution in [0.25, 0.3) is 0 Å². The van der Waals surface area contributed by atoms with Crippen LogP contribution in [0.3, 0.4) is 0 Å². The highest BCUT2D eigenvalue weighted by Crippen LogP contribution is 2.27. The summed E-state index contributed by atoms with van der Waals surface area (Å²) in [5.74, 6) is 0.205.